The van der Waals surface area contributed by atoms with Crippen LogP contribution >= 0.6 is 7.60 Å². The van der Waals surface area contributed by atoms with Crippen LogP contribution in [0, 0.1) is 0 Å². The van der Waals surface area contributed by atoms with E-state index < -0.39 is 13.9 Å². The fourth-order valence-corrected chi connectivity index (χ4v) is 1.19. The maximum absolute atomic E-state index is 9.22. The summed E-state index contributed by atoms with van der Waals surface area (Å²) in [6, 6.07) is 0.562. The van der Waals surface area contributed by atoms with Gasteiger partial charge >= 0.3 is 21.1 Å². The number of aliphatic hydroxyl groups excluding tert-OH is 1. The molecule has 5 N–H and O–H groups in total. The van der Waals surface area contributed by atoms with Crippen LogP contribution in [0.3, 0.4) is 0 Å². The van der Waals surface area contributed by atoms with Crippen molar-refractivity contribution in [2.24, 2.45) is 11.5 Å². The molecular weight excluding hydrogens is 402 g/mol. The third-order valence-electron chi connectivity index (χ3n) is 2.05. The number of nitrogens with two attached hydrogens (primary N) is 2. The smallest absolute Gasteiger partial charge is 0.809 e. The molecule has 0 aromatic rings. The van der Waals surface area contributed by atoms with Gasteiger partial charge in [0.25, 0.3) is 0 Å². The maximum Gasteiger partial charge on any atom is 2.00 e. The normalized spacial score (nSPS) is 25.9. The van der Waals surface area contributed by atoms with Gasteiger partial charge in [-0.25, -0.2) is 0 Å². The van der Waals surface area contributed by atoms with E-state index >= 15 is 0 Å². The molecule has 0 radical (unpaired) electrons. The van der Waals surface area contributed by atoms with Crippen LogP contribution in [-0.2, 0) is 25.6 Å². The molecule has 0 saturated heterocycles. The summed E-state index contributed by atoms with van der Waals surface area (Å²) in [6.07, 6.45) is 3.51. The van der Waals surface area contributed by atoms with Gasteiger partial charge in [0.15, 0.2) is 0 Å². The first-order valence-corrected chi connectivity index (χ1v) is 6.22. The van der Waals surface area contributed by atoms with Crippen molar-refractivity contribution in [1.82, 2.24) is 0 Å². The predicted molar refractivity (Wildman–Crippen MR) is 49.1 cm³/mol. The molecule has 2 atom stereocenters. The molecule has 6 nitrogen and oxygen atoms in total. The molecule has 0 aromatic carbocycles. The first kappa shape index (κ1) is 18.1. The molecule has 0 aliphatic heterocycles. The van der Waals surface area contributed by atoms with Crippen LogP contribution in [-0.4, -0.2) is 23.5 Å². The number of hydrogen-bond donors (Lipinski definition) is 3. The molecule has 1 aliphatic rings. The summed E-state index contributed by atoms with van der Waals surface area (Å²) in [5.41, 5.74) is 11.3. The second kappa shape index (κ2) is 8.82. The zero-order valence-electron chi connectivity index (χ0n) is 8.28. The number of hydrogen-bond acceptors (Lipinski definition) is 6. The summed E-state index contributed by atoms with van der Waals surface area (Å²) in [7, 11) is -4.59. The van der Waals surface area contributed by atoms with Gasteiger partial charge in [-0.1, -0.05) is 12.8 Å². The van der Waals surface area contributed by atoms with E-state index in [-0.39, 0.29) is 33.1 Å². The molecule has 0 heterocycles. The van der Waals surface area contributed by atoms with E-state index in [0.717, 1.165) is 12.8 Å². The van der Waals surface area contributed by atoms with Gasteiger partial charge in [-0.15, -0.1) is 0 Å². The van der Waals surface area contributed by atoms with Crippen LogP contribution in [0.15, 0.2) is 0 Å². The maximum atomic E-state index is 9.22. The second-order valence-corrected chi connectivity index (χ2v) is 4.87. The third kappa shape index (κ3) is 11.0. The average Bonchev–Trinajstić information content (AvgIpc) is 2.10. The molecule has 15 heavy (non-hydrogen) atoms. The van der Waals surface area contributed by atoms with E-state index in [1.54, 1.807) is 0 Å². The predicted octanol–water partition coefficient (Wildman–Crippen LogP) is -1.94. The SMILES string of the molecule is NC1CCCCC1N.O=P([O-])([O-])CO.[Pt+2]. The standard InChI is InChI=1S/C6H14N2.CH5O4P.Pt/c7-5-3-1-2-4-6(5)8;2-1-6(3,4)5;/h5-6H,1-4,7-8H2;2H,1H2,(H2,3,4,5);/q;;+2/p-2. The van der Waals surface area contributed by atoms with Crippen LogP contribution < -0.4 is 21.3 Å². The Morgan fingerprint density at radius 3 is 1.60 bits per heavy atom. The Kier molecular flexibility index (Phi) is 10.6. The van der Waals surface area contributed by atoms with Gasteiger partial charge in [-0.05, 0) is 20.4 Å². The Bertz CT molecular complexity index is 191. The Hall–Kier alpha value is 0.718. The Labute approximate surface area is 104 Å². The van der Waals surface area contributed by atoms with Gasteiger partial charge in [0.2, 0.25) is 0 Å². The van der Waals surface area contributed by atoms with Crippen LogP contribution in [0.2, 0.25) is 0 Å². The van der Waals surface area contributed by atoms with Crippen molar-refractivity contribution in [1.29, 1.82) is 0 Å². The van der Waals surface area contributed by atoms with Crippen molar-refractivity contribution in [3.8, 4) is 0 Å². The van der Waals surface area contributed by atoms with Crippen molar-refractivity contribution in [3.05, 3.63) is 0 Å². The molecule has 1 fully saturated rings. The minimum atomic E-state index is -4.59. The summed E-state index contributed by atoms with van der Waals surface area (Å²) in [6.45, 7) is 0. The molecule has 8 heteroatoms. The Balaban J connectivity index is 0. The fraction of sp³-hybridized carbons (Fsp3) is 1.00. The minimum Gasteiger partial charge on any atom is -0.809 e. The van der Waals surface area contributed by atoms with Gasteiger partial charge in [-0.2, -0.15) is 0 Å². The molecule has 1 aliphatic carbocycles. The summed E-state index contributed by atoms with van der Waals surface area (Å²) in [4.78, 5) is 18.4. The molecule has 0 spiro atoms. The fourth-order valence-electron chi connectivity index (χ4n) is 1.19. The summed E-state index contributed by atoms with van der Waals surface area (Å²) in [5.74, 6) is 0. The zero-order valence-corrected chi connectivity index (χ0v) is 11.4. The molecule has 2 unspecified atom stereocenters. The third-order valence-corrected chi connectivity index (χ3v) is 2.39. The van der Waals surface area contributed by atoms with Crippen LogP contribution in [0.1, 0.15) is 25.7 Å². The quantitative estimate of drug-likeness (QED) is 0.424. The largest absolute Gasteiger partial charge is 2.00 e. The van der Waals surface area contributed by atoms with E-state index in [0.29, 0.717) is 0 Å². The zero-order chi connectivity index (χ0) is 11.2. The van der Waals surface area contributed by atoms with E-state index in [2.05, 4.69) is 0 Å². The molecule has 1 saturated carbocycles. The number of rotatable bonds is 1. The summed E-state index contributed by atoms with van der Waals surface area (Å²) >= 11 is 0. The summed E-state index contributed by atoms with van der Waals surface area (Å²) in [5, 5.41) is 7.51. The second-order valence-electron chi connectivity index (χ2n) is 3.36. The van der Waals surface area contributed by atoms with Crippen molar-refractivity contribution in [2.45, 2.75) is 37.8 Å². The number of aliphatic hydroxyl groups is 1. The summed E-state index contributed by atoms with van der Waals surface area (Å²) < 4.78 is 9.22. The van der Waals surface area contributed by atoms with Gasteiger partial charge in [0, 0.05) is 12.1 Å². The molecule has 0 bridgehead atoms. The van der Waals surface area contributed by atoms with E-state index in [9.17, 15) is 14.4 Å². The van der Waals surface area contributed by atoms with Crippen LogP contribution in [0.4, 0.5) is 0 Å². The topological polar surface area (TPSA) is 135 Å². The van der Waals surface area contributed by atoms with Crippen molar-refractivity contribution >= 4 is 7.60 Å². The average molecular weight is 419 g/mol. The van der Waals surface area contributed by atoms with Crippen molar-refractivity contribution in [2.75, 3.05) is 6.35 Å². The Morgan fingerprint density at radius 1 is 1.20 bits per heavy atom. The Morgan fingerprint density at radius 2 is 1.47 bits per heavy atom. The minimum absolute atomic E-state index is 0. The van der Waals surface area contributed by atoms with Gasteiger partial charge in [-0.3, -0.25) is 0 Å². The first-order valence-electron chi connectivity index (χ1n) is 4.50. The first-order chi connectivity index (χ1) is 6.37. The van der Waals surface area contributed by atoms with E-state index in [1.165, 1.54) is 12.8 Å². The molecule has 1 rings (SSSR count). The molecular formula is C7H17N2O4PPt. The van der Waals surface area contributed by atoms with Crippen LogP contribution in [0.25, 0.3) is 0 Å². The molecule has 0 amide bonds. The van der Waals surface area contributed by atoms with Crippen molar-refractivity contribution < 1.29 is 40.5 Å². The van der Waals surface area contributed by atoms with E-state index in [4.69, 9.17) is 16.6 Å². The van der Waals surface area contributed by atoms with Gasteiger partial charge in [0.1, 0.15) is 0 Å². The monoisotopic (exact) mass is 419 g/mol. The molecule has 94 valence electrons. The van der Waals surface area contributed by atoms with Gasteiger partial charge in [0.05, 0.1) is 6.35 Å². The van der Waals surface area contributed by atoms with Crippen LogP contribution in [0.5, 0.6) is 0 Å². The van der Waals surface area contributed by atoms with E-state index in [1.807, 2.05) is 0 Å². The molecule has 0 aromatic heterocycles. The van der Waals surface area contributed by atoms with Gasteiger partial charge < -0.3 is 30.9 Å². The van der Waals surface area contributed by atoms with Crippen molar-refractivity contribution in [3.63, 3.8) is 0 Å².